The summed E-state index contributed by atoms with van der Waals surface area (Å²) >= 11 is 1.33. The third-order valence-electron chi connectivity index (χ3n) is 4.98. The van der Waals surface area contributed by atoms with E-state index in [9.17, 15) is 9.59 Å². The van der Waals surface area contributed by atoms with Gasteiger partial charge in [-0.3, -0.25) is 18.6 Å². The van der Waals surface area contributed by atoms with Gasteiger partial charge in [-0.15, -0.1) is 16.8 Å². The highest BCUT2D eigenvalue weighted by Gasteiger charge is 2.20. The maximum absolute atomic E-state index is 12.8. The molecule has 0 N–H and O–H groups in total. The molecule has 0 radical (unpaired) electrons. The Morgan fingerprint density at radius 2 is 2.00 bits per heavy atom. The van der Waals surface area contributed by atoms with Gasteiger partial charge in [0.05, 0.1) is 16.7 Å². The van der Waals surface area contributed by atoms with E-state index in [4.69, 9.17) is 0 Å². The molecule has 0 aliphatic carbocycles. The maximum Gasteiger partial charge on any atom is 0.263 e. The summed E-state index contributed by atoms with van der Waals surface area (Å²) < 4.78 is 3.39. The molecule has 1 atom stereocenters. The smallest absolute Gasteiger partial charge is 0.263 e. The highest BCUT2D eigenvalue weighted by atomic mass is 32.2. The second-order valence-corrected chi connectivity index (χ2v) is 8.55. The first-order valence-corrected chi connectivity index (χ1v) is 10.7. The van der Waals surface area contributed by atoms with Crippen molar-refractivity contribution in [1.29, 1.82) is 0 Å². The molecule has 8 heteroatoms. The van der Waals surface area contributed by atoms with Crippen LogP contribution in [-0.2, 0) is 11.3 Å². The number of benzene rings is 1. The summed E-state index contributed by atoms with van der Waals surface area (Å²) in [5.41, 5.74) is 0.601. The number of hydrogen-bond donors (Lipinski definition) is 0. The van der Waals surface area contributed by atoms with Crippen molar-refractivity contribution in [2.24, 2.45) is 5.92 Å². The molecule has 0 saturated carbocycles. The van der Waals surface area contributed by atoms with Crippen molar-refractivity contribution in [3.8, 4) is 0 Å². The molecule has 0 fully saturated rings. The van der Waals surface area contributed by atoms with Crippen LogP contribution >= 0.6 is 11.8 Å². The van der Waals surface area contributed by atoms with E-state index in [2.05, 4.69) is 37.5 Å². The number of fused-ring (bicyclic) bond motifs is 3. The Bertz CT molecular complexity index is 1100. The van der Waals surface area contributed by atoms with Gasteiger partial charge in [0.1, 0.15) is 0 Å². The van der Waals surface area contributed by atoms with Gasteiger partial charge in [-0.25, -0.2) is 0 Å². The van der Waals surface area contributed by atoms with E-state index in [1.807, 2.05) is 29.6 Å². The van der Waals surface area contributed by atoms with E-state index < -0.39 is 0 Å². The molecule has 1 amide bonds. The largest absolute Gasteiger partial charge is 0.342 e. The lowest BCUT2D eigenvalue weighted by Crippen LogP contribution is -2.37. The minimum atomic E-state index is -0.129. The summed E-state index contributed by atoms with van der Waals surface area (Å²) in [5, 5.41) is 9.66. The fourth-order valence-corrected chi connectivity index (χ4v) is 4.30. The molecule has 0 spiro atoms. The van der Waals surface area contributed by atoms with Crippen LogP contribution in [0.3, 0.4) is 0 Å². The van der Waals surface area contributed by atoms with E-state index in [0.29, 0.717) is 28.8 Å². The number of allylic oxidation sites excluding steroid dienone is 1. The minimum absolute atomic E-state index is 0.0450. The van der Waals surface area contributed by atoms with Crippen molar-refractivity contribution in [2.75, 3.05) is 12.8 Å². The lowest BCUT2D eigenvalue weighted by Gasteiger charge is -2.26. The van der Waals surface area contributed by atoms with Crippen LogP contribution in [0.15, 0.2) is 46.9 Å². The van der Waals surface area contributed by atoms with Gasteiger partial charge in [-0.1, -0.05) is 43.8 Å². The molecule has 1 aromatic carbocycles. The Labute approximate surface area is 174 Å². The Balaban J connectivity index is 1.94. The van der Waals surface area contributed by atoms with Crippen LogP contribution in [0.4, 0.5) is 0 Å². The Morgan fingerprint density at radius 3 is 2.69 bits per heavy atom. The number of aromatic nitrogens is 4. The topological polar surface area (TPSA) is 72.5 Å². The third-order valence-corrected chi connectivity index (χ3v) is 5.90. The molecule has 0 aliphatic rings. The lowest BCUT2D eigenvalue weighted by atomic mass is 10.0. The van der Waals surface area contributed by atoms with Crippen LogP contribution in [0, 0.1) is 5.92 Å². The zero-order valence-electron chi connectivity index (χ0n) is 17.3. The summed E-state index contributed by atoms with van der Waals surface area (Å²) in [6.45, 7) is 10.4. The second kappa shape index (κ2) is 8.82. The number of rotatable bonds is 8. The molecule has 29 heavy (non-hydrogen) atoms. The predicted octanol–water partition coefficient (Wildman–Crippen LogP) is 3.22. The lowest BCUT2D eigenvalue weighted by molar-refractivity contribution is -0.129. The van der Waals surface area contributed by atoms with Gasteiger partial charge in [0.2, 0.25) is 11.7 Å². The standard InChI is InChI=1S/C21H27N5O2S/c1-6-11-25-19(28)16-9-7-8-10-17(16)26-20(25)22-23-21(26)29-13-18(27)24(5)15(4)12-14(2)3/h6-10,14-15H,1,11-13H2,2-5H3. The molecular formula is C21H27N5O2S. The fraction of sp³-hybridized carbons (Fsp3) is 0.429. The molecule has 1 unspecified atom stereocenters. The van der Waals surface area contributed by atoms with Crippen molar-refractivity contribution < 1.29 is 4.79 Å². The first-order chi connectivity index (χ1) is 13.8. The van der Waals surface area contributed by atoms with E-state index >= 15 is 0 Å². The molecular weight excluding hydrogens is 386 g/mol. The molecule has 0 saturated heterocycles. The van der Waals surface area contributed by atoms with Gasteiger partial charge in [0, 0.05) is 19.6 Å². The van der Waals surface area contributed by atoms with Gasteiger partial charge in [-0.2, -0.15) is 0 Å². The molecule has 7 nitrogen and oxygen atoms in total. The monoisotopic (exact) mass is 413 g/mol. The second-order valence-electron chi connectivity index (χ2n) is 7.61. The number of amides is 1. The molecule has 2 heterocycles. The molecule has 0 bridgehead atoms. The zero-order chi connectivity index (χ0) is 21.1. The normalized spacial score (nSPS) is 12.6. The Kier molecular flexibility index (Phi) is 6.42. The third kappa shape index (κ3) is 4.22. The average Bonchev–Trinajstić information content (AvgIpc) is 3.12. The van der Waals surface area contributed by atoms with Crippen LogP contribution in [0.1, 0.15) is 27.2 Å². The SMILES string of the molecule is C=CCn1c(=O)c2ccccc2n2c(SCC(=O)N(C)C(C)CC(C)C)nnc12. The van der Waals surface area contributed by atoms with Gasteiger partial charge in [0.25, 0.3) is 5.56 Å². The first-order valence-electron chi connectivity index (χ1n) is 9.71. The maximum atomic E-state index is 12.8. The predicted molar refractivity (Wildman–Crippen MR) is 117 cm³/mol. The first kappa shape index (κ1) is 21.1. The summed E-state index contributed by atoms with van der Waals surface area (Å²) in [6.07, 6.45) is 2.62. The number of hydrogen-bond acceptors (Lipinski definition) is 5. The minimum Gasteiger partial charge on any atom is -0.342 e. The highest BCUT2D eigenvalue weighted by molar-refractivity contribution is 7.99. The van der Waals surface area contributed by atoms with Crippen LogP contribution < -0.4 is 5.56 Å². The van der Waals surface area contributed by atoms with E-state index in [-0.39, 0.29) is 23.3 Å². The quantitative estimate of drug-likeness (QED) is 0.419. The van der Waals surface area contributed by atoms with Gasteiger partial charge in [-0.05, 0) is 31.4 Å². The summed E-state index contributed by atoms with van der Waals surface area (Å²) in [5.74, 6) is 1.28. The molecule has 3 aromatic rings. The van der Waals surface area contributed by atoms with E-state index in [1.54, 1.807) is 21.6 Å². The van der Waals surface area contributed by atoms with E-state index in [0.717, 1.165) is 11.9 Å². The molecule has 3 rings (SSSR count). The van der Waals surface area contributed by atoms with Crippen molar-refractivity contribution in [3.05, 3.63) is 47.3 Å². The van der Waals surface area contributed by atoms with Gasteiger partial charge >= 0.3 is 0 Å². The number of para-hydroxylation sites is 1. The van der Waals surface area contributed by atoms with Gasteiger partial charge in [0.15, 0.2) is 5.16 Å². The van der Waals surface area contributed by atoms with Crippen molar-refractivity contribution in [1.82, 2.24) is 24.1 Å². The van der Waals surface area contributed by atoms with Gasteiger partial charge < -0.3 is 4.90 Å². The molecule has 2 aromatic heterocycles. The van der Waals surface area contributed by atoms with Crippen LogP contribution in [0.2, 0.25) is 0 Å². The fourth-order valence-electron chi connectivity index (χ4n) is 3.43. The number of carbonyl (C=O) groups excluding carboxylic acids is 1. The number of nitrogens with zero attached hydrogens (tertiary/aromatic N) is 5. The molecule has 154 valence electrons. The zero-order valence-corrected chi connectivity index (χ0v) is 18.1. The summed E-state index contributed by atoms with van der Waals surface area (Å²) in [6, 6.07) is 7.54. The Hall–Kier alpha value is -2.61. The summed E-state index contributed by atoms with van der Waals surface area (Å²) in [7, 11) is 1.84. The number of carbonyl (C=O) groups is 1. The average molecular weight is 414 g/mol. The van der Waals surface area contributed by atoms with Crippen molar-refractivity contribution in [3.63, 3.8) is 0 Å². The molecule has 0 aliphatic heterocycles. The van der Waals surface area contributed by atoms with E-state index in [1.165, 1.54) is 11.8 Å². The summed E-state index contributed by atoms with van der Waals surface area (Å²) in [4.78, 5) is 27.3. The van der Waals surface area contributed by atoms with Crippen LogP contribution in [0.25, 0.3) is 16.7 Å². The number of thioether (sulfide) groups is 1. The van der Waals surface area contributed by atoms with Crippen LogP contribution in [-0.4, -0.2) is 48.8 Å². The Morgan fingerprint density at radius 1 is 1.28 bits per heavy atom. The van der Waals surface area contributed by atoms with Crippen molar-refractivity contribution in [2.45, 2.75) is 44.9 Å². The van der Waals surface area contributed by atoms with Crippen molar-refractivity contribution >= 4 is 34.3 Å². The van der Waals surface area contributed by atoms with Crippen LogP contribution in [0.5, 0.6) is 0 Å². The highest BCUT2D eigenvalue weighted by Crippen LogP contribution is 2.22.